The maximum atomic E-state index is 5.61. The number of nitrogens with one attached hydrogen (secondary N) is 1. The fourth-order valence-corrected chi connectivity index (χ4v) is 1.20. The second kappa shape index (κ2) is 4.71. The molecule has 0 aliphatic heterocycles. The Bertz CT molecular complexity index is 440. The van der Waals surface area contributed by atoms with Crippen molar-refractivity contribution in [3.05, 3.63) is 17.5 Å². The SMILES string of the molecule is Nc1nc(Cl)nc(NCCc2ncon2)n1. The van der Waals surface area contributed by atoms with E-state index in [2.05, 4.69) is 34.9 Å². The number of nitrogens with zero attached hydrogens (tertiary/aromatic N) is 5. The number of hydrogen-bond donors (Lipinski definition) is 2. The van der Waals surface area contributed by atoms with Crippen molar-refractivity contribution in [2.75, 3.05) is 17.6 Å². The zero-order chi connectivity index (χ0) is 11.4. The molecule has 2 aromatic heterocycles. The van der Waals surface area contributed by atoms with Crippen molar-refractivity contribution in [1.29, 1.82) is 0 Å². The van der Waals surface area contributed by atoms with Crippen LogP contribution in [-0.2, 0) is 6.42 Å². The second-order valence-corrected chi connectivity index (χ2v) is 3.15. The minimum absolute atomic E-state index is 0.0505. The van der Waals surface area contributed by atoms with Crippen molar-refractivity contribution in [2.24, 2.45) is 0 Å². The highest BCUT2D eigenvalue weighted by Gasteiger charge is 2.02. The van der Waals surface area contributed by atoms with Crippen LogP contribution in [0.1, 0.15) is 5.82 Å². The van der Waals surface area contributed by atoms with Crippen molar-refractivity contribution in [3.63, 3.8) is 0 Å². The number of aromatic nitrogens is 5. The van der Waals surface area contributed by atoms with Gasteiger partial charge in [-0.1, -0.05) is 5.16 Å². The number of nitrogen functional groups attached to an aromatic ring is 1. The summed E-state index contributed by atoms with van der Waals surface area (Å²) < 4.78 is 4.58. The molecule has 0 saturated carbocycles. The fourth-order valence-electron chi connectivity index (χ4n) is 1.03. The van der Waals surface area contributed by atoms with Gasteiger partial charge in [-0.15, -0.1) is 0 Å². The van der Waals surface area contributed by atoms with E-state index in [1.165, 1.54) is 6.39 Å². The van der Waals surface area contributed by atoms with Gasteiger partial charge in [-0.05, 0) is 11.6 Å². The number of rotatable bonds is 4. The van der Waals surface area contributed by atoms with Gasteiger partial charge in [-0.3, -0.25) is 0 Å². The molecule has 2 heterocycles. The topological polar surface area (TPSA) is 116 Å². The van der Waals surface area contributed by atoms with Crippen LogP contribution in [-0.4, -0.2) is 31.6 Å². The Kier molecular flexibility index (Phi) is 3.10. The van der Waals surface area contributed by atoms with E-state index >= 15 is 0 Å². The summed E-state index contributed by atoms with van der Waals surface area (Å²) in [4.78, 5) is 15.2. The average molecular weight is 242 g/mol. The summed E-state index contributed by atoms with van der Waals surface area (Å²) in [6.45, 7) is 0.541. The van der Waals surface area contributed by atoms with E-state index in [0.717, 1.165) is 0 Å². The molecule has 3 N–H and O–H groups in total. The van der Waals surface area contributed by atoms with Crippen LogP contribution in [0.3, 0.4) is 0 Å². The van der Waals surface area contributed by atoms with Gasteiger partial charge in [0.15, 0.2) is 5.82 Å². The molecule has 0 aliphatic carbocycles. The van der Waals surface area contributed by atoms with E-state index in [1.54, 1.807) is 0 Å². The summed E-state index contributed by atoms with van der Waals surface area (Å²) in [5, 5.41) is 6.62. The lowest BCUT2D eigenvalue weighted by molar-refractivity contribution is 0.410. The van der Waals surface area contributed by atoms with Crippen molar-refractivity contribution in [2.45, 2.75) is 6.42 Å². The van der Waals surface area contributed by atoms with Crippen LogP contribution in [0.2, 0.25) is 5.28 Å². The van der Waals surface area contributed by atoms with Crippen LogP contribution in [0, 0.1) is 0 Å². The maximum absolute atomic E-state index is 5.61. The molecule has 2 rings (SSSR count). The minimum Gasteiger partial charge on any atom is -0.368 e. The summed E-state index contributed by atoms with van der Waals surface area (Å²) in [7, 11) is 0. The summed E-state index contributed by atoms with van der Waals surface area (Å²) in [6.07, 6.45) is 1.85. The predicted molar refractivity (Wildman–Crippen MR) is 55.7 cm³/mol. The largest absolute Gasteiger partial charge is 0.368 e. The maximum Gasteiger partial charge on any atom is 0.228 e. The second-order valence-electron chi connectivity index (χ2n) is 2.81. The molecule has 0 fully saturated rings. The van der Waals surface area contributed by atoms with Crippen LogP contribution >= 0.6 is 11.6 Å². The van der Waals surface area contributed by atoms with E-state index in [1.807, 2.05) is 0 Å². The fraction of sp³-hybridized carbons (Fsp3) is 0.286. The van der Waals surface area contributed by atoms with E-state index in [9.17, 15) is 0 Å². The van der Waals surface area contributed by atoms with Crippen molar-refractivity contribution < 1.29 is 4.52 Å². The highest BCUT2D eigenvalue weighted by Crippen LogP contribution is 2.06. The monoisotopic (exact) mass is 241 g/mol. The molecule has 0 aliphatic rings. The van der Waals surface area contributed by atoms with Crippen LogP contribution in [0.4, 0.5) is 11.9 Å². The van der Waals surface area contributed by atoms with Crippen molar-refractivity contribution >= 4 is 23.5 Å². The smallest absolute Gasteiger partial charge is 0.228 e. The van der Waals surface area contributed by atoms with Crippen molar-refractivity contribution in [3.8, 4) is 0 Å². The lowest BCUT2D eigenvalue weighted by atomic mass is 10.4. The molecule has 0 bridgehead atoms. The molecule has 8 nitrogen and oxygen atoms in total. The predicted octanol–water partition coefficient (Wildman–Crippen LogP) is 0.145. The molecule has 0 radical (unpaired) electrons. The molecule has 84 valence electrons. The van der Waals surface area contributed by atoms with Gasteiger partial charge < -0.3 is 15.6 Å². The molecule has 0 spiro atoms. The first-order chi connectivity index (χ1) is 7.74. The number of halogens is 1. The molecule has 2 aromatic rings. The standard InChI is InChI=1S/C7H8ClN7O/c8-5-12-6(9)14-7(13-5)10-2-1-4-11-3-16-15-4/h3H,1-2H2,(H3,9,10,12,13,14). The zero-order valence-corrected chi connectivity index (χ0v) is 8.85. The van der Waals surface area contributed by atoms with Gasteiger partial charge in [-0.25, -0.2) is 0 Å². The highest BCUT2D eigenvalue weighted by atomic mass is 35.5. The molecule has 16 heavy (non-hydrogen) atoms. The third-order valence-electron chi connectivity index (χ3n) is 1.66. The van der Waals surface area contributed by atoms with E-state index in [0.29, 0.717) is 24.7 Å². The van der Waals surface area contributed by atoms with Crippen LogP contribution in [0.15, 0.2) is 10.9 Å². The van der Waals surface area contributed by atoms with Gasteiger partial charge in [0, 0.05) is 13.0 Å². The van der Waals surface area contributed by atoms with Gasteiger partial charge in [0.1, 0.15) is 0 Å². The number of anilines is 2. The molecule has 0 aromatic carbocycles. The quantitative estimate of drug-likeness (QED) is 0.777. The number of hydrogen-bond acceptors (Lipinski definition) is 8. The number of nitrogens with two attached hydrogens (primary N) is 1. The van der Waals surface area contributed by atoms with Crippen LogP contribution in [0.25, 0.3) is 0 Å². The molecule has 0 unspecified atom stereocenters. The third-order valence-corrected chi connectivity index (χ3v) is 1.83. The van der Waals surface area contributed by atoms with Crippen molar-refractivity contribution in [1.82, 2.24) is 25.1 Å². The first-order valence-corrected chi connectivity index (χ1v) is 4.78. The van der Waals surface area contributed by atoms with E-state index in [4.69, 9.17) is 17.3 Å². The Morgan fingerprint density at radius 3 is 2.94 bits per heavy atom. The van der Waals surface area contributed by atoms with Crippen LogP contribution in [0.5, 0.6) is 0 Å². The summed E-state index contributed by atoms with van der Waals surface area (Å²) in [6, 6.07) is 0. The van der Waals surface area contributed by atoms with Gasteiger partial charge >= 0.3 is 0 Å². The molecule has 0 amide bonds. The molecule has 9 heteroatoms. The summed E-state index contributed by atoms with van der Waals surface area (Å²) in [5.41, 5.74) is 5.40. The summed E-state index contributed by atoms with van der Waals surface area (Å²) in [5.74, 6) is 0.990. The molecular weight excluding hydrogens is 234 g/mol. The van der Waals surface area contributed by atoms with Gasteiger partial charge in [0.05, 0.1) is 0 Å². The Balaban J connectivity index is 1.89. The Morgan fingerprint density at radius 2 is 2.25 bits per heavy atom. The molecular formula is C7H8ClN7O. The Labute approximate surface area is 95.3 Å². The Morgan fingerprint density at radius 1 is 1.38 bits per heavy atom. The molecule has 0 atom stereocenters. The normalized spacial score (nSPS) is 10.3. The Hall–Kier alpha value is -1.96. The van der Waals surface area contributed by atoms with Crippen LogP contribution < -0.4 is 11.1 Å². The van der Waals surface area contributed by atoms with Gasteiger partial charge in [0.25, 0.3) is 0 Å². The summed E-state index contributed by atoms with van der Waals surface area (Å²) >= 11 is 5.61. The highest BCUT2D eigenvalue weighted by molar-refractivity contribution is 6.28. The minimum atomic E-state index is 0.0505. The first kappa shape index (κ1) is 10.6. The molecule has 0 saturated heterocycles. The van der Waals surface area contributed by atoms with E-state index in [-0.39, 0.29) is 11.2 Å². The lowest BCUT2D eigenvalue weighted by Crippen LogP contribution is -2.10. The van der Waals surface area contributed by atoms with Gasteiger partial charge in [-0.2, -0.15) is 19.9 Å². The third kappa shape index (κ3) is 2.76. The van der Waals surface area contributed by atoms with Gasteiger partial charge in [0.2, 0.25) is 23.6 Å². The van der Waals surface area contributed by atoms with E-state index < -0.39 is 0 Å². The average Bonchev–Trinajstić information content (AvgIpc) is 2.69. The lowest BCUT2D eigenvalue weighted by Gasteiger charge is -2.02. The zero-order valence-electron chi connectivity index (χ0n) is 8.09. The first-order valence-electron chi connectivity index (χ1n) is 4.40.